The summed E-state index contributed by atoms with van der Waals surface area (Å²) in [4.78, 5) is 32.8. The van der Waals surface area contributed by atoms with Crippen LogP contribution < -0.4 is 5.32 Å². The zero-order valence-electron chi connectivity index (χ0n) is 27.6. The molecule has 4 aromatic carbocycles. The van der Waals surface area contributed by atoms with Crippen molar-refractivity contribution in [3.05, 3.63) is 154 Å². The van der Waals surface area contributed by atoms with Gasteiger partial charge >= 0.3 is 5.97 Å². The van der Waals surface area contributed by atoms with E-state index < -0.39 is 17.8 Å². The molecule has 250 valence electrons. The zero-order valence-corrected chi connectivity index (χ0v) is 28.3. The van der Waals surface area contributed by atoms with Crippen LogP contribution in [0.5, 0.6) is 0 Å². The van der Waals surface area contributed by atoms with Gasteiger partial charge in [0.05, 0.1) is 31.4 Å². The van der Waals surface area contributed by atoms with E-state index in [2.05, 4.69) is 29.6 Å². The van der Waals surface area contributed by atoms with Gasteiger partial charge in [0.1, 0.15) is 12.5 Å². The molecule has 0 saturated carbocycles. The van der Waals surface area contributed by atoms with Gasteiger partial charge in [-0.15, -0.1) is 0 Å². The first kappa shape index (κ1) is 35.3. The average molecular weight is 674 g/mol. The van der Waals surface area contributed by atoms with Crippen molar-refractivity contribution in [2.24, 2.45) is 10.9 Å². The number of nitrogens with one attached hydrogen (secondary N) is 1. The predicted molar refractivity (Wildman–Crippen MR) is 192 cm³/mol. The van der Waals surface area contributed by atoms with Crippen molar-refractivity contribution >= 4 is 29.2 Å². The van der Waals surface area contributed by atoms with Crippen molar-refractivity contribution in [3.8, 4) is 6.07 Å². The van der Waals surface area contributed by atoms with E-state index in [9.17, 15) is 9.59 Å². The van der Waals surface area contributed by atoms with Gasteiger partial charge < -0.3 is 14.8 Å². The minimum Gasteiger partial charge on any atom is -0.464 e. The number of rotatable bonds is 15. The topological polar surface area (TPSA) is 101 Å². The number of nitrogens with zero attached hydrogens (tertiary/aromatic N) is 2. The Kier molecular flexibility index (Phi) is 12.9. The SMILES string of the molecule is CC1=NC(COCCc2ccccc2)=C(C(=O)NCCC(c2ccccc2)c2ccccc2)C(c2cccc(Cl)c2)C1C(=O)OCCC#N. The summed E-state index contributed by atoms with van der Waals surface area (Å²) >= 11 is 6.47. The number of esters is 1. The van der Waals surface area contributed by atoms with Crippen LogP contribution in [0, 0.1) is 17.2 Å². The minimum absolute atomic E-state index is 0.0531. The van der Waals surface area contributed by atoms with E-state index in [4.69, 9.17) is 31.3 Å². The summed E-state index contributed by atoms with van der Waals surface area (Å²) in [6, 6.07) is 39.7. The monoisotopic (exact) mass is 673 g/mol. The second-order valence-electron chi connectivity index (χ2n) is 11.9. The van der Waals surface area contributed by atoms with Crippen LogP contribution in [0.15, 0.2) is 132 Å². The van der Waals surface area contributed by atoms with Gasteiger partial charge in [-0.1, -0.05) is 115 Å². The van der Waals surface area contributed by atoms with Crippen LogP contribution in [0.2, 0.25) is 5.02 Å². The first-order chi connectivity index (χ1) is 24.0. The molecule has 0 bridgehead atoms. The number of benzene rings is 4. The highest BCUT2D eigenvalue weighted by molar-refractivity contribution is 6.30. The van der Waals surface area contributed by atoms with Crippen LogP contribution in [-0.2, 0) is 25.5 Å². The summed E-state index contributed by atoms with van der Waals surface area (Å²) in [7, 11) is 0. The maximum atomic E-state index is 14.4. The first-order valence-corrected chi connectivity index (χ1v) is 16.9. The summed E-state index contributed by atoms with van der Waals surface area (Å²) in [6.45, 7) is 2.59. The molecule has 1 aliphatic heterocycles. The predicted octanol–water partition coefficient (Wildman–Crippen LogP) is 7.82. The van der Waals surface area contributed by atoms with Gasteiger partial charge in [-0.3, -0.25) is 14.6 Å². The third kappa shape index (κ3) is 9.54. The summed E-state index contributed by atoms with van der Waals surface area (Å²) < 4.78 is 11.7. The van der Waals surface area contributed by atoms with E-state index in [1.165, 1.54) is 0 Å². The molecule has 0 spiro atoms. The van der Waals surface area contributed by atoms with Crippen LogP contribution in [0.4, 0.5) is 0 Å². The number of hydrogen-bond donors (Lipinski definition) is 1. The van der Waals surface area contributed by atoms with Crippen LogP contribution >= 0.6 is 11.6 Å². The van der Waals surface area contributed by atoms with Crippen LogP contribution in [0.3, 0.4) is 0 Å². The van der Waals surface area contributed by atoms with Crippen molar-refractivity contribution in [2.75, 3.05) is 26.4 Å². The lowest BCUT2D eigenvalue weighted by Gasteiger charge is -2.33. The second kappa shape index (κ2) is 17.9. The molecule has 2 atom stereocenters. The number of amides is 1. The molecule has 1 N–H and O–H groups in total. The highest BCUT2D eigenvalue weighted by Gasteiger charge is 2.42. The third-order valence-electron chi connectivity index (χ3n) is 8.62. The quantitative estimate of drug-likeness (QED) is 0.102. The molecule has 0 radical (unpaired) electrons. The molecule has 1 aliphatic rings. The third-order valence-corrected chi connectivity index (χ3v) is 8.86. The minimum atomic E-state index is -0.896. The fraction of sp³-hybridized carbons (Fsp3) is 0.268. The molecule has 0 saturated heterocycles. The Balaban J connectivity index is 1.45. The molecule has 1 heterocycles. The lowest BCUT2D eigenvalue weighted by atomic mass is 9.75. The molecule has 0 fully saturated rings. The lowest BCUT2D eigenvalue weighted by Crippen LogP contribution is -2.40. The summed E-state index contributed by atoms with van der Waals surface area (Å²) in [5.41, 5.74) is 5.43. The van der Waals surface area contributed by atoms with E-state index in [0.29, 0.717) is 53.6 Å². The van der Waals surface area contributed by atoms with Crippen LogP contribution in [0.1, 0.15) is 53.9 Å². The number of hydrogen-bond acceptors (Lipinski definition) is 6. The molecule has 5 rings (SSSR count). The van der Waals surface area contributed by atoms with Crippen molar-refractivity contribution < 1.29 is 19.1 Å². The fourth-order valence-electron chi connectivity index (χ4n) is 6.29. The zero-order chi connectivity index (χ0) is 34.4. The normalized spacial score (nSPS) is 15.8. The Morgan fingerprint density at radius 1 is 0.898 bits per heavy atom. The number of carbonyl (C=O) groups excluding carboxylic acids is 2. The number of aliphatic imine (C=N–C) groups is 1. The van der Waals surface area contributed by atoms with E-state index in [-0.39, 0.29) is 31.5 Å². The lowest BCUT2D eigenvalue weighted by molar-refractivity contribution is -0.146. The number of nitriles is 1. The summed E-state index contributed by atoms with van der Waals surface area (Å²) in [6.07, 6.45) is 1.41. The molecule has 7 nitrogen and oxygen atoms in total. The van der Waals surface area contributed by atoms with Gasteiger partial charge in [0.2, 0.25) is 5.91 Å². The molecule has 49 heavy (non-hydrogen) atoms. The van der Waals surface area contributed by atoms with Crippen molar-refractivity contribution in [3.63, 3.8) is 0 Å². The Hall–Kier alpha value is -5.03. The molecule has 0 aromatic heterocycles. The first-order valence-electron chi connectivity index (χ1n) is 16.5. The van der Waals surface area contributed by atoms with Gasteiger partial charge in [-0.05, 0) is 54.2 Å². The maximum absolute atomic E-state index is 14.4. The molecule has 8 heteroatoms. The fourth-order valence-corrected chi connectivity index (χ4v) is 6.49. The van der Waals surface area contributed by atoms with Gasteiger partial charge in [0.15, 0.2) is 0 Å². The van der Waals surface area contributed by atoms with Gasteiger partial charge in [-0.2, -0.15) is 5.26 Å². The standard InChI is InChI=1S/C41H40ClN3O4/c1-29-37(41(47)49-25-12-23-43)38(33-19-11-20-34(42)27-33)39(36(45-29)28-48-26-22-30-13-5-2-6-14-30)40(46)44-24-21-35(31-15-7-3-8-16-31)32-17-9-4-10-18-32/h2-11,13-20,27,35,37-38H,12,21-22,24-26,28H2,1H3,(H,44,46). The summed E-state index contributed by atoms with van der Waals surface area (Å²) in [5.74, 6) is -2.46. The molecular weight excluding hydrogens is 634 g/mol. The second-order valence-corrected chi connectivity index (χ2v) is 12.3. The van der Waals surface area contributed by atoms with Gasteiger partial charge in [-0.25, -0.2) is 0 Å². The molecule has 1 amide bonds. The summed E-state index contributed by atoms with van der Waals surface area (Å²) in [5, 5.41) is 12.7. The largest absolute Gasteiger partial charge is 0.464 e. The molecule has 2 unspecified atom stereocenters. The molecule has 0 aliphatic carbocycles. The van der Waals surface area contributed by atoms with Crippen LogP contribution in [0.25, 0.3) is 0 Å². The number of halogens is 1. The Morgan fingerprint density at radius 3 is 2.18 bits per heavy atom. The Morgan fingerprint density at radius 2 is 1.55 bits per heavy atom. The van der Waals surface area contributed by atoms with E-state index in [1.54, 1.807) is 25.1 Å². The van der Waals surface area contributed by atoms with E-state index in [0.717, 1.165) is 16.7 Å². The van der Waals surface area contributed by atoms with E-state index >= 15 is 0 Å². The van der Waals surface area contributed by atoms with Crippen molar-refractivity contribution in [1.82, 2.24) is 5.32 Å². The van der Waals surface area contributed by atoms with Crippen LogP contribution in [-0.4, -0.2) is 44.0 Å². The Labute approximate surface area is 293 Å². The smallest absolute Gasteiger partial charge is 0.315 e. The van der Waals surface area contributed by atoms with Crippen molar-refractivity contribution in [1.29, 1.82) is 5.26 Å². The highest BCUT2D eigenvalue weighted by atomic mass is 35.5. The average Bonchev–Trinajstić information content (AvgIpc) is 3.12. The van der Waals surface area contributed by atoms with Crippen molar-refractivity contribution in [2.45, 2.75) is 38.0 Å². The maximum Gasteiger partial charge on any atom is 0.315 e. The van der Waals surface area contributed by atoms with Gasteiger partial charge in [0, 0.05) is 34.7 Å². The van der Waals surface area contributed by atoms with Gasteiger partial charge in [0.25, 0.3) is 0 Å². The molecule has 4 aromatic rings. The van der Waals surface area contributed by atoms with E-state index in [1.807, 2.05) is 78.9 Å². The molecular formula is C41H40ClN3O4. The Bertz CT molecular complexity index is 1760. The highest BCUT2D eigenvalue weighted by Crippen LogP contribution is 2.40. The number of carbonyl (C=O) groups is 2. The number of ether oxygens (including phenoxy) is 2.